The molecular formula is C72H92N4O23. The summed E-state index contributed by atoms with van der Waals surface area (Å²) in [5.74, 6) is -0.489. The summed E-state index contributed by atoms with van der Waals surface area (Å²) in [6, 6.07) is 60.8. The maximum Gasteiger partial charge on any atom is 0.338 e. The third kappa shape index (κ3) is 30.9. The second kappa shape index (κ2) is 53.0. The van der Waals surface area contributed by atoms with E-state index in [0.29, 0.717) is 28.9 Å². The molecule has 27 nitrogen and oxygen atoms in total. The van der Waals surface area contributed by atoms with E-state index in [4.69, 9.17) is 70.0 Å². The number of anilines is 4. The summed E-state index contributed by atoms with van der Waals surface area (Å²) in [6.45, 7) is 4.39. The van der Waals surface area contributed by atoms with Gasteiger partial charge in [0.2, 0.25) is 0 Å². The van der Waals surface area contributed by atoms with E-state index in [0.717, 1.165) is 39.7 Å². The standard InChI is InChI=1S/C30H28N4.C13H16O5.C12H14O6.C10H10O4.3C2H6O2.CH4O.H2O/c1-5-13-25(14-6-1)31-21-22-32(26-15-7-2-8-16-26)29(31)30-33(27-17-9-3-10-18-27)23-24-34(30)28-19-11-4-12-20-28;1-2-8-17-12(15)10-3-5-11(6-4-10)13(16)18-9-7-14;13-5-7-17-11(15)9-1-2-10(4-3-9)12(16)18-8-6-14;1-13-9(11)7-3-5-8(6-4-7)10(12)14-2;3*3-1-2-4;1-2;/h1-20H,21-24H2;3-6,14H,2,7-9H2,1H3;1-4,13-14H,5-8H2;3-6H,1-2H3;3*3-4H,1-2H2;2H,1H3;1H2. The summed E-state index contributed by atoms with van der Waals surface area (Å²) in [7, 11) is 3.60. The van der Waals surface area contributed by atoms with Crippen molar-refractivity contribution in [3.05, 3.63) is 239 Å². The number of hydrogen-bond acceptors (Lipinski definition) is 26. The molecule has 99 heavy (non-hydrogen) atoms. The van der Waals surface area contributed by atoms with Gasteiger partial charge >= 0.3 is 35.8 Å². The smallest absolute Gasteiger partial charge is 0.338 e. The Morgan fingerprint density at radius 1 is 0.293 bits per heavy atom. The van der Waals surface area contributed by atoms with Crippen LogP contribution in [0.3, 0.4) is 0 Å². The molecule has 2 heterocycles. The summed E-state index contributed by atoms with van der Waals surface area (Å²) in [4.78, 5) is 77.6. The molecular weight excluding hydrogens is 1290 g/mol. The van der Waals surface area contributed by atoms with Gasteiger partial charge in [-0.3, -0.25) is 0 Å². The highest BCUT2D eigenvalue weighted by molar-refractivity contribution is 5.95. The van der Waals surface area contributed by atoms with Crippen molar-refractivity contribution in [2.75, 3.05) is 153 Å². The number of esters is 6. The van der Waals surface area contributed by atoms with Crippen LogP contribution in [0.15, 0.2) is 206 Å². The predicted molar refractivity (Wildman–Crippen MR) is 371 cm³/mol. The van der Waals surface area contributed by atoms with E-state index >= 15 is 0 Å². The summed E-state index contributed by atoms with van der Waals surface area (Å²) in [6.07, 6.45) is 0.761. The van der Waals surface area contributed by atoms with Gasteiger partial charge in [-0.25, -0.2) is 28.8 Å². The lowest BCUT2D eigenvalue weighted by Crippen LogP contribution is -2.34. The van der Waals surface area contributed by atoms with Gasteiger partial charge in [0.15, 0.2) is 11.6 Å². The van der Waals surface area contributed by atoms with E-state index in [2.05, 4.69) is 150 Å². The highest BCUT2D eigenvalue weighted by atomic mass is 16.6. The quantitative estimate of drug-likeness (QED) is 0.0349. The molecule has 2 aliphatic heterocycles. The predicted octanol–water partition coefficient (Wildman–Crippen LogP) is 4.51. The summed E-state index contributed by atoms with van der Waals surface area (Å²) in [5, 5.41) is 78.3. The molecule has 0 aliphatic carbocycles. The van der Waals surface area contributed by atoms with Crippen LogP contribution in [-0.2, 0) is 28.4 Å². The molecule has 0 amide bonds. The second-order valence-electron chi connectivity index (χ2n) is 19.4. The van der Waals surface area contributed by atoms with Crippen molar-refractivity contribution in [2.45, 2.75) is 13.3 Å². The Balaban J connectivity index is 0.000000651. The van der Waals surface area contributed by atoms with Gasteiger partial charge in [-0.05, 0) is 128 Å². The van der Waals surface area contributed by atoms with Gasteiger partial charge in [-0.2, -0.15) is 0 Å². The summed E-state index contributed by atoms with van der Waals surface area (Å²) >= 11 is 0. The van der Waals surface area contributed by atoms with Crippen LogP contribution in [0.25, 0.3) is 0 Å². The normalized spacial score (nSPS) is 11.4. The first-order chi connectivity index (χ1) is 47.7. The molecule has 0 bridgehead atoms. The fourth-order valence-electron chi connectivity index (χ4n) is 8.44. The second-order valence-corrected chi connectivity index (χ2v) is 19.4. The van der Waals surface area contributed by atoms with Gasteiger partial charge in [0.1, 0.15) is 19.8 Å². The highest BCUT2D eigenvalue weighted by Gasteiger charge is 2.38. The Morgan fingerprint density at radius 2 is 0.475 bits per heavy atom. The number of carbonyl (C=O) groups excluding carboxylic acids is 6. The Kier molecular flexibility index (Phi) is 46.5. The molecule has 27 heteroatoms. The fourth-order valence-corrected chi connectivity index (χ4v) is 8.44. The molecule has 9 rings (SSSR count). The highest BCUT2D eigenvalue weighted by Crippen LogP contribution is 2.39. The fraction of sp³-hybridized carbons (Fsp3) is 0.306. The average molecular weight is 1380 g/mol. The molecule has 0 unspecified atom stereocenters. The van der Waals surface area contributed by atoms with E-state index in [1.54, 1.807) is 0 Å². The molecule has 2 fully saturated rings. The lowest BCUT2D eigenvalue weighted by Gasteiger charge is -2.33. The number of aliphatic hydroxyl groups excluding tert-OH is 10. The number of methoxy groups -OCH3 is 2. The maximum absolute atomic E-state index is 11.5. The van der Waals surface area contributed by atoms with Crippen LogP contribution >= 0.6 is 0 Å². The number of ether oxygens (including phenoxy) is 6. The Morgan fingerprint density at radius 3 is 0.636 bits per heavy atom. The molecule has 2 saturated heterocycles. The minimum Gasteiger partial charge on any atom is -0.465 e. The molecule has 7 aromatic rings. The van der Waals surface area contributed by atoms with Crippen LogP contribution in [0, 0.1) is 0 Å². The van der Waals surface area contributed by atoms with Crippen molar-refractivity contribution in [2.24, 2.45) is 0 Å². The molecule has 0 saturated carbocycles. The van der Waals surface area contributed by atoms with E-state index in [1.165, 1.54) is 121 Å². The van der Waals surface area contributed by atoms with Gasteiger partial charge in [-0.15, -0.1) is 0 Å². The third-order valence-electron chi connectivity index (χ3n) is 12.7. The van der Waals surface area contributed by atoms with E-state index in [9.17, 15) is 28.8 Å². The van der Waals surface area contributed by atoms with Gasteiger partial charge < -0.3 is 105 Å². The zero-order valence-electron chi connectivity index (χ0n) is 55.9. The van der Waals surface area contributed by atoms with E-state index in [-0.39, 0.29) is 95.9 Å². The van der Waals surface area contributed by atoms with Crippen molar-refractivity contribution >= 4 is 58.6 Å². The minimum absolute atomic E-state index is 0. The van der Waals surface area contributed by atoms with Crippen LogP contribution in [0.2, 0.25) is 0 Å². The number of nitrogens with zero attached hydrogens (tertiary/aromatic N) is 4. The molecule has 0 aromatic heterocycles. The minimum atomic E-state index is -0.570. The SMILES string of the molecule is CCCOC(=O)c1ccc(C(=O)OCCO)cc1.CO.COC(=O)c1ccc(C(=O)OC)cc1.O.O=C(OCCO)c1ccc(C(=O)OCCO)cc1.OCCO.OCCO.OCCO.c1ccc(N2CCN(c3ccccc3)C2=C2N(c3ccccc3)CCN2c2ccccc2)cc1. The van der Waals surface area contributed by atoms with Crippen LogP contribution in [0.4, 0.5) is 22.7 Å². The van der Waals surface area contributed by atoms with Crippen molar-refractivity contribution < 1.29 is 114 Å². The molecule has 0 radical (unpaired) electrons. The Labute approximate surface area is 575 Å². The van der Waals surface area contributed by atoms with Crippen LogP contribution in [-0.4, -0.2) is 226 Å². The number of carbonyl (C=O) groups is 6. The first-order valence-electron chi connectivity index (χ1n) is 30.8. The zero-order valence-corrected chi connectivity index (χ0v) is 55.9. The van der Waals surface area contributed by atoms with Gasteiger partial charge in [0.25, 0.3) is 0 Å². The lowest BCUT2D eigenvalue weighted by atomic mass is 10.1. The van der Waals surface area contributed by atoms with Gasteiger partial charge in [0.05, 0.1) is 114 Å². The molecule has 7 aromatic carbocycles. The Hall–Kier alpha value is -10.1. The first-order valence-corrected chi connectivity index (χ1v) is 30.8. The monoisotopic (exact) mass is 1380 g/mol. The van der Waals surface area contributed by atoms with Crippen molar-refractivity contribution in [3.63, 3.8) is 0 Å². The molecule has 12 N–H and O–H groups in total. The lowest BCUT2D eigenvalue weighted by molar-refractivity contribution is 0.0422. The number of hydrogen-bond donors (Lipinski definition) is 10. The van der Waals surface area contributed by atoms with Gasteiger partial charge in [0, 0.05) is 56.0 Å². The largest absolute Gasteiger partial charge is 0.465 e. The number of para-hydroxylation sites is 4. The van der Waals surface area contributed by atoms with Crippen molar-refractivity contribution in [1.82, 2.24) is 0 Å². The molecule has 0 atom stereocenters. The van der Waals surface area contributed by atoms with Crippen LogP contribution in [0.1, 0.15) is 75.5 Å². The van der Waals surface area contributed by atoms with Crippen molar-refractivity contribution in [1.29, 1.82) is 0 Å². The maximum atomic E-state index is 11.5. The number of benzene rings is 7. The van der Waals surface area contributed by atoms with E-state index in [1.807, 2.05) is 6.92 Å². The molecule has 538 valence electrons. The first kappa shape index (κ1) is 86.9. The average Bonchev–Trinajstić information content (AvgIpc) is 1.60. The third-order valence-corrected chi connectivity index (χ3v) is 12.7. The topological polar surface area (TPSA) is 405 Å². The van der Waals surface area contributed by atoms with Crippen LogP contribution < -0.4 is 19.6 Å². The summed E-state index contributed by atoms with van der Waals surface area (Å²) in [5.41, 5.74) is 6.96. The van der Waals surface area contributed by atoms with Crippen molar-refractivity contribution in [3.8, 4) is 0 Å². The number of aliphatic hydroxyl groups is 10. The van der Waals surface area contributed by atoms with Gasteiger partial charge in [-0.1, -0.05) is 79.7 Å². The molecule has 2 aliphatic rings. The van der Waals surface area contributed by atoms with Crippen LogP contribution in [0.5, 0.6) is 0 Å². The Bertz CT molecular complexity index is 2930. The summed E-state index contributed by atoms with van der Waals surface area (Å²) < 4.78 is 28.1. The number of rotatable bonds is 21. The van der Waals surface area contributed by atoms with E-state index < -0.39 is 35.8 Å². The molecule has 0 spiro atoms. The zero-order chi connectivity index (χ0) is 72.3.